The zero-order chi connectivity index (χ0) is 16.4. The summed E-state index contributed by atoms with van der Waals surface area (Å²) >= 11 is 1.63. The molecule has 24 heavy (non-hydrogen) atoms. The largest absolute Gasteiger partial charge is 0.486 e. The molecular formula is C18H16N2O3S. The van der Waals surface area contributed by atoms with Crippen molar-refractivity contribution in [3.05, 3.63) is 53.9 Å². The lowest BCUT2D eigenvalue weighted by atomic mass is 10.1. The standard InChI is InChI=1S/C18H16N2O3S/c1-12-3-2-4-13(9-12)18-20-19-17(23-18)11-24-14-5-6-15-16(10-14)22-8-7-21-15/h2-6,9-10H,7-8,11H2,1H3. The monoisotopic (exact) mass is 340 g/mol. The van der Waals surface area contributed by atoms with Gasteiger partial charge in [0.25, 0.3) is 0 Å². The Kier molecular flexibility index (Phi) is 4.13. The van der Waals surface area contributed by atoms with Crippen LogP contribution in [0.3, 0.4) is 0 Å². The SMILES string of the molecule is Cc1cccc(-c2nnc(CSc3ccc4c(c3)OCCO4)o2)c1. The van der Waals surface area contributed by atoms with Gasteiger partial charge < -0.3 is 13.9 Å². The first-order chi connectivity index (χ1) is 11.8. The van der Waals surface area contributed by atoms with Gasteiger partial charge in [0.05, 0.1) is 5.75 Å². The van der Waals surface area contributed by atoms with Crippen molar-refractivity contribution < 1.29 is 13.9 Å². The van der Waals surface area contributed by atoms with Crippen LogP contribution >= 0.6 is 11.8 Å². The predicted octanol–water partition coefficient (Wildman–Crippen LogP) is 4.11. The molecule has 0 radical (unpaired) electrons. The second-order valence-electron chi connectivity index (χ2n) is 5.46. The molecule has 0 unspecified atom stereocenters. The van der Waals surface area contributed by atoms with Gasteiger partial charge in [-0.3, -0.25) is 0 Å². The highest BCUT2D eigenvalue weighted by molar-refractivity contribution is 7.98. The topological polar surface area (TPSA) is 57.4 Å². The molecule has 0 saturated carbocycles. The van der Waals surface area contributed by atoms with Gasteiger partial charge in [0.2, 0.25) is 11.8 Å². The molecule has 0 N–H and O–H groups in total. The molecule has 5 nitrogen and oxygen atoms in total. The third kappa shape index (κ3) is 3.23. The van der Waals surface area contributed by atoms with Gasteiger partial charge in [-0.1, -0.05) is 17.7 Å². The van der Waals surface area contributed by atoms with Gasteiger partial charge in [-0.15, -0.1) is 22.0 Å². The third-order valence-electron chi connectivity index (χ3n) is 3.61. The highest BCUT2D eigenvalue weighted by Gasteiger charge is 2.13. The molecule has 4 rings (SSSR count). The van der Waals surface area contributed by atoms with Crippen molar-refractivity contribution >= 4 is 11.8 Å². The average Bonchev–Trinajstić information content (AvgIpc) is 3.09. The summed E-state index contributed by atoms with van der Waals surface area (Å²) in [5.74, 6) is 3.35. The van der Waals surface area contributed by atoms with Crippen LogP contribution in [-0.2, 0) is 5.75 Å². The lowest BCUT2D eigenvalue weighted by Crippen LogP contribution is -2.15. The molecule has 1 aliphatic heterocycles. The van der Waals surface area contributed by atoms with Crippen LogP contribution in [0, 0.1) is 6.92 Å². The highest BCUT2D eigenvalue weighted by Crippen LogP contribution is 2.35. The van der Waals surface area contributed by atoms with Crippen molar-refractivity contribution in [2.75, 3.05) is 13.2 Å². The molecule has 122 valence electrons. The molecule has 2 aromatic carbocycles. The van der Waals surface area contributed by atoms with Crippen molar-refractivity contribution in [1.29, 1.82) is 0 Å². The van der Waals surface area contributed by atoms with E-state index in [4.69, 9.17) is 13.9 Å². The van der Waals surface area contributed by atoms with Gasteiger partial charge in [0, 0.05) is 10.5 Å². The minimum absolute atomic E-state index is 0.552. The van der Waals surface area contributed by atoms with Crippen molar-refractivity contribution in [3.63, 3.8) is 0 Å². The number of ether oxygens (including phenoxy) is 2. The molecule has 0 amide bonds. The first kappa shape index (κ1) is 15.1. The molecule has 3 aromatic rings. The van der Waals surface area contributed by atoms with E-state index < -0.39 is 0 Å². The Morgan fingerprint density at radius 3 is 2.75 bits per heavy atom. The molecule has 6 heteroatoms. The Morgan fingerprint density at radius 2 is 1.88 bits per heavy atom. The van der Waals surface area contributed by atoms with Crippen LogP contribution in [-0.4, -0.2) is 23.4 Å². The molecule has 0 atom stereocenters. The van der Waals surface area contributed by atoms with E-state index in [2.05, 4.69) is 10.2 Å². The second kappa shape index (κ2) is 6.57. The minimum Gasteiger partial charge on any atom is -0.486 e. The molecule has 0 saturated heterocycles. The maximum atomic E-state index is 5.76. The molecule has 0 fully saturated rings. The first-order valence-electron chi connectivity index (χ1n) is 7.70. The quantitative estimate of drug-likeness (QED) is 0.666. The number of aromatic nitrogens is 2. The average molecular weight is 340 g/mol. The fourth-order valence-electron chi connectivity index (χ4n) is 2.47. The number of hydrogen-bond acceptors (Lipinski definition) is 6. The fourth-order valence-corrected chi connectivity index (χ4v) is 3.23. The second-order valence-corrected chi connectivity index (χ2v) is 6.51. The maximum absolute atomic E-state index is 5.76. The van der Waals surface area contributed by atoms with Crippen molar-refractivity contribution in [2.24, 2.45) is 0 Å². The summed E-state index contributed by atoms with van der Waals surface area (Å²) in [5.41, 5.74) is 2.11. The molecule has 1 aromatic heterocycles. The van der Waals surface area contributed by atoms with Crippen LogP contribution in [0.2, 0.25) is 0 Å². The van der Waals surface area contributed by atoms with Gasteiger partial charge in [-0.25, -0.2) is 0 Å². The van der Waals surface area contributed by atoms with Crippen LogP contribution in [0.25, 0.3) is 11.5 Å². The van der Waals surface area contributed by atoms with Crippen molar-refractivity contribution in [2.45, 2.75) is 17.6 Å². The van der Waals surface area contributed by atoms with Crippen LogP contribution in [0.1, 0.15) is 11.5 Å². The maximum Gasteiger partial charge on any atom is 0.247 e. The Hall–Kier alpha value is -2.47. The highest BCUT2D eigenvalue weighted by atomic mass is 32.2. The fraction of sp³-hybridized carbons (Fsp3) is 0.222. The summed E-state index contributed by atoms with van der Waals surface area (Å²) in [6.45, 7) is 3.23. The van der Waals surface area contributed by atoms with Gasteiger partial charge >= 0.3 is 0 Å². The zero-order valence-corrected chi connectivity index (χ0v) is 14.0. The van der Waals surface area contributed by atoms with Crippen LogP contribution < -0.4 is 9.47 Å². The number of hydrogen-bond donors (Lipinski definition) is 0. The molecule has 0 bridgehead atoms. The van der Waals surface area contributed by atoms with E-state index in [1.54, 1.807) is 11.8 Å². The Bertz CT molecular complexity index is 863. The number of fused-ring (bicyclic) bond motifs is 1. The van der Waals surface area contributed by atoms with Gasteiger partial charge in [-0.2, -0.15) is 0 Å². The summed E-state index contributed by atoms with van der Waals surface area (Å²) in [7, 11) is 0. The van der Waals surface area contributed by atoms with Crippen molar-refractivity contribution in [3.8, 4) is 23.0 Å². The van der Waals surface area contributed by atoms with Crippen molar-refractivity contribution in [1.82, 2.24) is 10.2 Å². The normalized spacial score (nSPS) is 13.0. The van der Waals surface area contributed by atoms with Gasteiger partial charge in [0.1, 0.15) is 13.2 Å². The summed E-state index contributed by atoms with van der Waals surface area (Å²) in [6.07, 6.45) is 0. The van der Waals surface area contributed by atoms with E-state index in [-0.39, 0.29) is 0 Å². The number of aryl methyl sites for hydroxylation is 1. The molecule has 0 aliphatic carbocycles. The number of benzene rings is 2. The summed E-state index contributed by atoms with van der Waals surface area (Å²) in [4.78, 5) is 1.08. The van der Waals surface area contributed by atoms with E-state index >= 15 is 0 Å². The number of thioether (sulfide) groups is 1. The van der Waals surface area contributed by atoms with E-state index in [0.29, 0.717) is 30.7 Å². The summed E-state index contributed by atoms with van der Waals surface area (Å²) in [5, 5.41) is 8.27. The molecule has 2 heterocycles. The van der Waals surface area contributed by atoms with Gasteiger partial charge in [0.15, 0.2) is 11.5 Å². The van der Waals surface area contributed by atoms with E-state index in [0.717, 1.165) is 27.5 Å². The lowest BCUT2D eigenvalue weighted by Gasteiger charge is -2.18. The Morgan fingerprint density at radius 1 is 1.00 bits per heavy atom. The van der Waals surface area contributed by atoms with Crippen LogP contribution in [0.4, 0.5) is 0 Å². The van der Waals surface area contributed by atoms with E-state index in [1.165, 1.54) is 0 Å². The summed E-state index contributed by atoms with van der Waals surface area (Å²) in [6, 6.07) is 14.0. The molecule has 1 aliphatic rings. The Balaban J connectivity index is 1.45. The van der Waals surface area contributed by atoms with Gasteiger partial charge in [-0.05, 0) is 37.3 Å². The van der Waals surface area contributed by atoms with E-state index in [9.17, 15) is 0 Å². The van der Waals surface area contributed by atoms with Crippen LogP contribution in [0.5, 0.6) is 11.5 Å². The molecule has 0 spiro atoms. The zero-order valence-electron chi connectivity index (χ0n) is 13.2. The Labute approximate surface area is 144 Å². The summed E-state index contributed by atoms with van der Waals surface area (Å²) < 4.78 is 16.9. The third-order valence-corrected chi connectivity index (χ3v) is 4.59. The van der Waals surface area contributed by atoms with Crippen LogP contribution in [0.15, 0.2) is 51.8 Å². The van der Waals surface area contributed by atoms with E-state index in [1.807, 2.05) is 49.4 Å². The smallest absolute Gasteiger partial charge is 0.247 e. The predicted molar refractivity (Wildman–Crippen MR) is 91.5 cm³/mol. The number of nitrogens with zero attached hydrogens (tertiary/aromatic N) is 2. The number of rotatable bonds is 4. The first-order valence-corrected chi connectivity index (χ1v) is 8.68. The minimum atomic E-state index is 0.552. The molecular weight excluding hydrogens is 324 g/mol. The lowest BCUT2D eigenvalue weighted by molar-refractivity contribution is 0.171.